The number of benzene rings is 1. The standard InChI is InChI=1S/C28H27F3N6O2S/c1-17-12-18(14-21(13-17)36-26-33-11-7-23(37-26)28(29,30)31)22-16-34-25(40-22)27(39)8-5-19(6-9-27)35-24(38)15-20-4-2-3-10-32-20/h2-4,7,10-14,16,19,39H,5-6,8-9,15H2,1H3,(H,35,38)(H,33,36,37)/t19-,27+. The molecule has 0 atom stereocenters. The van der Waals surface area contributed by atoms with Crippen molar-refractivity contribution in [1.82, 2.24) is 25.3 Å². The molecule has 40 heavy (non-hydrogen) atoms. The van der Waals surface area contributed by atoms with Crippen LogP contribution in [0.2, 0.25) is 0 Å². The van der Waals surface area contributed by atoms with Gasteiger partial charge in [-0.05, 0) is 74.1 Å². The van der Waals surface area contributed by atoms with Crippen molar-refractivity contribution >= 4 is 28.9 Å². The number of rotatable bonds is 7. The first kappa shape index (κ1) is 27.7. The third-order valence-corrected chi connectivity index (χ3v) is 7.95. The van der Waals surface area contributed by atoms with Crippen molar-refractivity contribution in [3.63, 3.8) is 0 Å². The molecule has 0 saturated heterocycles. The van der Waals surface area contributed by atoms with E-state index in [2.05, 4.69) is 30.6 Å². The van der Waals surface area contributed by atoms with E-state index in [1.165, 1.54) is 11.3 Å². The van der Waals surface area contributed by atoms with Gasteiger partial charge in [0.05, 0.1) is 11.3 Å². The number of aryl methyl sites for hydroxylation is 1. The van der Waals surface area contributed by atoms with E-state index in [0.29, 0.717) is 42.1 Å². The van der Waals surface area contributed by atoms with Crippen LogP contribution in [0.25, 0.3) is 10.4 Å². The van der Waals surface area contributed by atoms with Crippen molar-refractivity contribution in [2.24, 2.45) is 0 Å². The maximum absolute atomic E-state index is 13.0. The van der Waals surface area contributed by atoms with Gasteiger partial charge in [-0.3, -0.25) is 9.78 Å². The first-order valence-electron chi connectivity index (χ1n) is 12.7. The van der Waals surface area contributed by atoms with Gasteiger partial charge < -0.3 is 15.7 Å². The minimum atomic E-state index is -4.57. The first-order chi connectivity index (χ1) is 19.1. The summed E-state index contributed by atoms with van der Waals surface area (Å²) in [5.74, 6) is -0.250. The Morgan fingerprint density at radius 3 is 2.62 bits per heavy atom. The first-order valence-corrected chi connectivity index (χ1v) is 13.6. The molecule has 8 nitrogen and oxygen atoms in total. The fraction of sp³-hybridized carbons (Fsp3) is 0.321. The quantitative estimate of drug-likeness (QED) is 0.268. The van der Waals surface area contributed by atoms with Gasteiger partial charge in [0.1, 0.15) is 16.3 Å². The highest BCUT2D eigenvalue weighted by Crippen LogP contribution is 2.41. The molecule has 0 spiro atoms. The van der Waals surface area contributed by atoms with Crippen LogP contribution in [-0.4, -0.2) is 37.0 Å². The van der Waals surface area contributed by atoms with E-state index in [9.17, 15) is 23.1 Å². The molecule has 12 heteroatoms. The molecule has 1 aromatic carbocycles. The summed E-state index contributed by atoms with van der Waals surface area (Å²) in [6.07, 6.45) is 2.22. The van der Waals surface area contributed by atoms with Crippen molar-refractivity contribution in [3.8, 4) is 10.4 Å². The number of nitrogens with zero attached hydrogens (tertiary/aromatic N) is 4. The summed E-state index contributed by atoms with van der Waals surface area (Å²) in [4.78, 5) is 29.4. The van der Waals surface area contributed by atoms with Crippen molar-refractivity contribution in [3.05, 3.63) is 83.0 Å². The van der Waals surface area contributed by atoms with Gasteiger partial charge in [0.15, 0.2) is 0 Å². The molecule has 1 fully saturated rings. The van der Waals surface area contributed by atoms with Gasteiger partial charge in [0.2, 0.25) is 11.9 Å². The number of anilines is 2. The van der Waals surface area contributed by atoms with Crippen LogP contribution in [0.5, 0.6) is 0 Å². The van der Waals surface area contributed by atoms with Crippen molar-refractivity contribution in [1.29, 1.82) is 0 Å². The van der Waals surface area contributed by atoms with Crippen LogP contribution in [0, 0.1) is 6.92 Å². The zero-order valence-corrected chi connectivity index (χ0v) is 22.4. The molecule has 0 radical (unpaired) electrons. The molecule has 5 rings (SSSR count). The second-order valence-corrected chi connectivity index (χ2v) is 10.9. The average Bonchev–Trinajstić information content (AvgIpc) is 3.42. The summed E-state index contributed by atoms with van der Waals surface area (Å²) in [6.45, 7) is 1.88. The number of hydrogen-bond donors (Lipinski definition) is 3. The lowest BCUT2D eigenvalue weighted by Gasteiger charge is -2.34. The summed E-state index contributed by atoms with van der Waals surface area (Å²) >= 11 is 1.37. The van der Waals surface area contributed by atoms with Crippen LogP contribution < -0.4 is 10.6 Å². The number of amides is 1. The number of thiazole rings is 1. The fourth-order valence-electron chi connectivity index (χ4n) is 4.73. The van der Waals surface area contributed by atoms with E-state index in [4.69, 9.17) is 0 Å². The Hall–Kier alpha value is -3.90. The van der Waals surface area contributed by atoms with Gasteiger partial charge in [-0.15, -0.1) is 11.3 Å². The summed E-state index contributed by atoms with van der Waals surface area (Å²) < 4.78 is 39.1. The van der Waals surface area contributed by atoms with Crippen molar-refractivity contribution in [2.75, 3.05) is 5.32 Å². The molecule has 1 saturated carbocycles. The van der Waals surface area contributed by atoms with E-state index in [1.54, 1.807) is 30.6 Å². The van der Waals surface area contributed by atoms with Crippen molar-refractivity contribution < 1.29 is 23.1 Å². The molecule has 208 valence electrons. The Kier molecular flexibility index (Phi) is 7.81. The van der Waals surface area contributed by atoms with Crippen LogP contribution in [0.1, 0.15) is 47.6 Å². The number of hydrogen-bond acceptors (Lipinski definition) is 8. The molecule has 4 aromatic rings. The summed E-state index contributed by atoms with van der Waals surface area (Å²) in [5.41, 5.74) is 0.798. The molecule has 3 aromatic heterocycles. The number of nitrogens with one attached hydrogen (secondary N) is 2. The van der Waals surface area contributed by atoms with E-state index < -0.39 is 17.5 Å². The smallest absolute Gasteiger partial charge is 0.383 e. The summed E-state index contributed by atoms with van der Waals surface area (Å²) in [7, 11) is 0. The van der Waals surface area contributed by atoms with Gasteiger partial charge >= 0.3 is 6.18 Å². The third kappa shape index (κ3) is 6.62. The second kappa shape index (κ2) is 11.3. The molecule has 1 amide bonds. The molecule has 1 aliphatic rings. The number of halogens is 3. The Balaban J connectivity index is 1.24. The predicted molar refractivity (Wildman–Crippen MR) is 145 cm³/mol. The Labute approximate surface area is 232 Å². The normalized spacial score (nSPS) is 19.3. The molecule has 0 bridgehead atoms. The third-order valence-electron chi connectivity index (χ3n) is 6.71. The summed E-state index contributed by atoms with van der Waals surface area (Å²) in [5, 5.41) is 17.9. The lowest BCUT2D eigenvalue weighted by molar-refractivity contribution is -0.141. The molecule has 1 aliphatic carbocycles. The number of aliphatic hydroxyl groups is 1. The Morgan fingerprint density at radius 1 is 1.10 bits per heavy atom. The van der Waals surface area contributed by atoms with Crippen molar-refractivity contribution in [2.45, 2.75) is 56.8 Å². The largest absolute Gasteiger partial charge is 0.433 e. The Bertz CT molecular complexity index is 1490. The maximum atomic E-state index is 13.0. The SMILES string of the molecule is Cc1cc(Nc2nccc(C(F)(F)F)n2)cc(-c2cnc([C@]3(O)CC[C@@H](NC(=O)Cc4ccccn4)CC3)s2)c1. The average molecular weight is 569 g/mol. The molecule has 0 aliphatic heterocycles. The topological polar surface area (TPSA) is 113 Å². The Morgan fingerprint density at radius 2 is 1.90 bits per heavy atom. The van der Waals surface area contributed by atoms with Gasteiger partial charge in [0.25, 0.3) is 0 Å². The van der Waals surface area contributed by atoms with Gasteiger partial charge in [-0.25, -0.2) is 15.0 Å². The maximum Gasteiger partial charge on any atom is 0.433 e. The highest BCUT2D eigenvalue weighted by molar-refractivity contribution is 7.15. The minimum Gasteiger partial charge on any atom is -0.383 e. The zero-order chi connectivity index (χ0) is 28.3. The number of carbonyl (C=O) groups excluding carboxylic acids is 1. The van der Waals surface area contributed by atoms with Gasteiger partial charge in [-0.1, -0.05) is 12.1 Å². The minimum absolute atomic E-state index is 0.0283. The lowest BCUT2D eigenvalue weighted by Crippen LogP contribution is -2.42. The molecule has 0 unspecified atom stereocenters. The van der Waals surface area contributed by atoms with Crippen LogP contribution in [0.15, 0.2) is 61.1 Å². The second-order valence-electron chi connectivity index (χ2n) is 9.88. The van der Waals surface area contributed by atoms with E-state index >= 15 is 0 Å². The fourth-order valence-corrected chi connectivity index (χ4v) is 5.77. The zero-order valence-electron chi connectivity index (χ0n) is 21.6. The van der Waals surface area contributed by atoms with E-state index in [-0.39, 0.29) is 24.3 Å². The van der Waals surface area contributed by atoms with Crippen LogP contribution in [0.3, 0.4) is 0 Å². The monoisotopic (exact) mass is 568 g/mol. The highest BCUT2D eigenvalue weighted by atomic mass is 32.1. The molecular weight excluding hydrogens is 541 g/mol. The molecule has 3 heterocycles. The number of aromatic nitrogens is 4. The molecular formula is C28H27F3N6O2S. The molecule has 3 N–H and O–H groups in total. The number of carbonyl (C=O) groups is 1. The van der Waals surface area contributed by atoms with Crippen LogP contribution in [0.4, 0.5) is 24.8 Å². The summed E-state index contributed by atoms with van der Waals surface area (Å²) in [6, 6.07) is 11.8. The van der Waals surface area contributed by atoms with Crippen LogP contribution in [-0.2, 0) is 23.0 Å². The van der Waals surface area contributed by atoms with Gasteiger partial charge in [-0.2, -0.15) is 13.2 Å². The lowest BCUT2D eigenvalue weighted by atomic mass is 9.82. The predicted octanol–water partition coefficient (Wildman–Crippen LogP) is 5.56. The number of alkyl halides is 3. The number of pyridine rings is 1. The van der Waals surface area contributed by atoms with Gasteiger partial charge in [0, 0.05) is 36.0 Å². The van der Waals surface area contributed by atoms with Crippen LogP contribution >= 0.6 is 11.3 Å². The highest BCUT2D eigenvalue weighted by Gasteiger charge is 2.38. The van der Waals surface area contributed by atoms with E-state index in [1.807, 2.05) is 25.1 Å². The van der Waals surface area contributed by atoms with E-state index in [0.717, 1.165) is 28.3 Å².